The first-order valence-corrected chi connectivity index (χ1v) is 13.3. The first-order chi connectivity index (χ1) is 16.6. The van der Waals surface area contributed by atoms with E-state index in [2.05, 4.69) is 28.2 Å². The number of carbonyl (C=O) groups is 1. The summed E-state index contributed by atoms with van der Waals surface area (Å²) in [7, 11) is 1.61. The Morgan fingerprint density at radius 2 is 1.97 bits per heavy atom. The smallest absolute Gasteiger partial charge is 0.276 e. The van der Waals surface area contributed by atoms with Crippen molar-refractivity contribution in [2.75, 3.05) is 19.5 Å². The van der Waals surface area contributed by atoms with Gasteiger partial charge in [-0.05, 0) is 31.5 Å². The molecule has 1 amide bonds. The van der Waals surface area contributed by atoms with Gasteiger partial charge in [0.05, 0.1) is 19.1 Å². The molecule has 9 heteroatoms. The molecule has 2 aromatic rings. The molecule has 0 unspecified atom stereocenters. The Morgan fingerprint density at radius 1 is 1.15 bits per heavy atom. The van der Waals surface area contributed by atoms with E-state index in [0.717, 1.165) is 32.8 Å². The van der Waals surface area contributed by atoms with Gasteiger partial charge in [0, 0.05) is 21.0 Å². The minimum absolute atomic E-state index is 0.173. The fourth-order valence-corrected chi connectivity index (χ4v) is 5.35. The van der Waals surface area contributed by atoms with E-state index in [0.29, 0.717) is 29.0 Å². The summed E-state index contributed by atoms with van der Waals surface area (Å²) in [6.45, 7) is 4.63. The average molecular weight is 546 g/mol. The quantitative estimate of drug-likeness (QED) is 0.476. The van der Waals surface area contributed by atoms with Crippen LogP contribution in [0.3, 0.4) is 0 Å². The SMILES string of the molecule is CCCCCCSC1=NN2C(=c3ccccc3=N[C@@H]2c2cc(OCC)c(OC)cc2Br)C(=O)N1. The third-order valence-electron chi connectivity index (χ3n) is 5.61. The number of para-hydroxylation sites is 1. The Kier molecular flexibility index (Phi) is 8.15. The molecular formula is C25H29BrN4O3S. The highest BCUT2D eigenvalue weighted by atomic mass is 79.9. The second-order valence-corrected chi connectivity index (χ2v) is 9.88. The molecule has 2 aliphatic rings. The lowest BCUT2D eigenvalue weighted by molar-refractivity contribution is -0.116. The average Bonchev–Trinajstić information content (AvgIpc) is 2.84. The van der Waals surface area contributed by atoms with Crippen molar-refractivity contribution in [3.05, 3.63) is 57.0 Å². The van der Waals surface area contributed by atoms with Crippen LogP contribution in [0.15, 0.2) is 51.0 Å². The van der Waals surface area contributed by atoms with Crippen LogP contribution in [-0.2, 0) is 4.79 Å². The van der Waals surface area contributed by atoms with Crippen molar-refractivity contribution in [2.45, 2.75) is 45.7 Å². The number of halogens is 1. The van der Waals surface area contributed by atoms with E-state index in [1.165, 1.54) is 19.3 Å². The van der Waals surface area contributed by atoms with Crippen molar-refractivity contribution < 1.29 is 14.3 Å². The van der Waals surface area contributed by atoms with Crippen LogP contribution >= 0.6 is 27.7 Å². The highest BCUT2D eigenvalue weighted by Gasteiger charge is 2.35. The molecule has 0 radical (unpaired) electrons. The van der Waals surface area contributed by atoms with Crippen molar-refractivity contribution in [3.8, 4) is 11.5 Å². The highest BCUT2D eigenvalue weighted by Crippen LogP contribution is 2.40. The minimum Gasteiger partial charge on any atom is -0.493 e. The van der Waals surface area contributed by atoms with Crippen LogP contribution < -0.4 is 25.4 Å². The van der Waals surface area contributed by atoms with E-state index in [-0.39, 0.29) is 5.91 Å². The third kappa shape index (κ3) is 5.10. The minimum atomic E-state index is -0.536. The molecule has 0 saturated carbocycles. The normalized spacial score (nSPS) is 16.8. The summed E-state index contributed by atoms with van der Waals surface area (Å²) < 4.78 is 12.1. The van der Waals surface area contributed by atoms with E-state index in [1.54, 1.807) is 23.9 Å². The molecule has 34 heavy (non-hydrogen) atoms. The van der Waals surface area contributed by atoms with Crippen molar-refractivity contribution in [3.63, 3.8) is 0 Å². The number of unbranched alkanes of at least 4 members (excludes halogenated alkanes) is 3. The van der Waals surface area contributed by atoms with Gasteiger partial charge < -0.3 is 9.47 Å². The fourth-order valence-electron chi connectivity index (χ4n) is 3.97. The summed E-state index contributed by atoms with van der Waals surface area (Å²) in [6.07, 6.45) is 4.14. The van der Waals surface area contributed by atoms with Gasteiger partial charge in [-0.15, -0.1) is 5.10 Å². The van der Waals surface area contributed by atoms with E-state index in [1.807, 2.05) is 43.3 Å². The molecule has 2 aliphatic heterocycles. The molecule has 7 nitrogen and oxygen atoms in total. The van der Waals surface area contributed by atoms with Crippen molar-refractivity contribution >= 4 is 44.5 Å². The molecule has 0 bridgehead atoms. The Hall–Kier alpha value is -2.52. The lowest BCUT2D eigenvalue weighted by atomic mass is 10.1. The van der Waals surface area contributed by atoms with Crippen LogP contribution in [0.25, 0.3) is 5.70 Å². The number of hydrogen-bond donors (Lipinski definition) is 1. The van der Waals surface area contributed by atoms with Gasteiger partial charge in [-0.3, -0.25) is 15.1 Å². The molecule has 4 rings (SSSR count). The topological polar surface area (TPSA) is 75.5 Å². The van der Waals surface area contributed by atoms with Crippen LogP contribution in [0.1, 0.15) is 51.3 Å². The summed E-state index contributed by atoms with van der Waals surface area (Å²) >= 11 is 5.25. The molecular weight excluding hydrogens is 516 g/mol. The van der Waals surface area contributed by atoms with Crippen molar-refractivity contribution in [2.24, 2.45) is 10.1 Å². The van der Waals surface area contributed by atoms with E-state index in [4.69, 9.17) is 19.6 Å². The van der Waals surface area contributed by atoms with E-state index < -0.39 is 6.17 Å². The molecule has 1 N–H and O–H groups in total. The number of benzene rings is 2. The summed E-state index contributed by atoms with van der Waals surface area (Å²) in [6, 6.07) is 11.4. The maximum absolute atomic E-state index is 13.3. The lowest BCUT2D eigenvalue weighted by Gasteiger charge is -2.34. The van der Waals surface area contributed by atoms with Gasteiger partial charge in [0.15, 0.2) is 22.8 Å². The van der Waals surface area contributed by atoms with Gasteiger partial charge in [-0.1, -0.05) is 72.1 Å². The number of nitrogens with zero attached hydrogens (tertiary/aromatic N) is 3. The molecule has 1 atom stereocenters. The Morgan fingerprint density at radius 3 is 2.74 bits per heavy atom. The largest absolute Gasteiger partial charge is 0.493 e. The number of amidine groups is 1. The number of hydrazone groups is 1. The van der Waals surface area contributed by atoms with Crippen LogP contribution in [-0.4, -0.2) is 35.6 Å². The Bertz CT molecular complexity index is 1220. The molecule has 2 aromatic carbocycles. The number of methoxy groups -OCH3 is 1. The molecule has 0 aliphatic carbocycles. The number of amides is 1. The third-order valence-corrected chi connectivity index (χ3v) is 7.25. The summed E-state index contributed by atoms with van der Waals surface area (Å²) in [5.74, 6) is 1.98. The number of thioether (sulfide) groups is 1. The zero-order chi connectivity index (χ0) is 24.1. The number of nitrogens with one attached hydrogen (secondary N) is 1. The molecule has 2 heterocycles. The number of fused-ring (bicyclic) bond motifs is 2. The standard InChI is InChI=1S/C25H29BrN4O3S/c1-4-6-7-10-13-34-25-28-24(31)22-16-11-8-9-12-19(16)27-23(30(22)29-25)17-14-21(33-5-2)20(32-3)15-18(17)26/h8-9,11-12,14-15,23H,4-7,10,13H2,1-3H3,(H,28,29,31)/t23-/m0/s1. The van der Waals surface area contributed by atoms with Gasteiger partial charge in [-0.2, -0.15) is 0 Å². The zero-order valence-corrected chi connectivity index (χ0v) is 22.0. The van der Waals surface area contributed by atoms with Crippen LogP contribution in [0, 0.1) is 0 Å². The predicted octanol–water partition coefficient (Wildman–Crippen LogP) is 4.31. The van der Waals surface area contributed by atoms with Crippen LogP contribution in [0.4, 0.5) is 0 Å². The van der Waals surface area contributed by atoms with Gasteiger partial charge in [0.1, 0.15) is 5.70 Å². The van der Waals surface area contributed by atoms with Gasteiger partial charge in [0.25, 0.3) is 5.91 Å². The maximum atomic E-state index is 13.3. The summed E-state index contributed by atoms with van der Waals surface area (Å²) in [5.41, 5.74) is 1.33. The zero-order valence-electron chi connectivity index (χ0n) is 19.6. The van der Waals surface area contributed by atoms with Gasteiger partial charge in [0.2, 0.25) is 0 Å². The molecule has 0 aromatic heterocycles. The van der Waals surface area contributed by atoms with Crippen molar-refractivity contribution in [1.29, 1.82) is 0 Å². The first kappa shape index (κ1) is 24.6. The number of rotatable bonds is 9. The molecule has 0 saturated heterocycles. The Labute approximate surface area is 212 Å². The first-order valence-electron chi connectivity index (χ1n) is 11.6. The number of carbonyl (C=O) groups excluding carboxylic acids is 1. The molecule has 0 spiro atoms. The van der Waals surface area contributed by atoms with E-state index >= 15 is 0 Å². The van der Waals surface area contributed by atoms with Crippen LogP contribution in [0.2, 0.25) is 0 Å². The van der Waals surface area contributed by atoms with Crippen LogP contribution in [0.5, 0.6) is 11.5 Å². The van der Waals surface area contributed by atoms with Crippen molar-refractivity contribution in [1.82, 2.24) is 10.3 Å². The second-order valence-electron chi connectivity index (χ2n) is 7.94. The monoisotopic (exact) mass is 544 g/mol. The molecule has 180 valence electrons. The Balaban J connectivity index is 1.77. The fraction of sp³-hybridized carbons (Fsp3) is 0.400. The highest BCUT2D eigenvalue weighted by molar-refractivity contribution is 9.10. The van der Waals surface area contributed by atoms with Gasteiger partial charge >= 0.3 is 0 Å². The molecule has 0 fully saturated rings. The summed E-state index contributed by atoms with van der Waals surface area (Å²) in [5, 5.41) is 11.7. The number of hydrogen-bond acceptors (Lipinski definition) is 7. The lowest BCUT2D eigenvalue weighted by Crippen LogP contribution is -2.50. The predicted molar refractivity (Wildman–Crippen MR) is 139 cm³/mol. The van der Waals surface area contributed by atoms with E-state index in [9.17, 15) is 4.79 Å². The second kappa shape index (κ2) is 11.3. The maximum Gasteiger partial charge on any atom is 0.276 e. The van der Waals surface area contributed by atoms with Gasteiger partial charge in [-0.25, -0.2) is 5.01 Å². The summed E-state index contributed by atoms with van der Waals surface area (Å²) in [4.78, 5) is 18.3. The number of ether oxygens (including phenoxy) is 2.